The first kappa shape index (κ1) is 14.1. The van der Waals surface area contributed by atoms with Crippen molar-refractivity contribution in [2.75, 3.05) is 29.4 Å². The van der Waals surface area contributed by atoms with E-state index in [1.807, 2.05) is 35.2 Å². The summed E-state index contributed by atoms with van der Waals surface area (Å²) in [6.45, 7) is 2.25. The van der Waals surface area contributed by atoms with Crippen molar-refractivity contribution in [1.29, 1.82) is 0 Å². The minimum Gasteiger partial charge on any atom is -0.338 e. The van der Waals surface area contributed by atoms with Crippen molar-refractivity contribution < 1.29 is 4.79 Å². The van der Waals surface area contributed by atoms with E-state index in [9.17, 15) is 4.79 Å². The molecule has 0 saturated heterocycles. The molecule has 0 bridgehead atoms. The first-order valence-electron chi connectivity index (χ1n) is 8.15. The van der Waals surface area contributed by atoms with Crippen LogP contribution in [0.2, 0.25) is 0 Å². The second-order valence-electron chi connectivity index (χ2n) is 6.13. The Morgan fingerprint density at radius 1 is 1.09 bits per heavy atom. The van der Waals surface area contributed by atoms with E-state index >= 15 is 0 Å². The number of urea groups is 1. The van der Waals surface area contributed by atoms with Gasteiger partial charge in [0.15, 0.2) is 0 Å². The number of benzene rings is 1. The summed E-state index contributed by atoms with van der Waals surface area (Å²) in [5.74, 6) is 0.687. The number of carbonyl (C=O) groups is 1. The number of carbonyl (C=O) groups excluding carboxylic acids is 1. The van der Waals surface area contributed by atoms with E-state index in [0.29, 0.717) is 12.5 Å². The van der Waals surface area contributed by atoms with Crippen LogP contribution in [0.1, 0.15) is 12.8 Å². The summed E-state index contributed by atoms with van der Waals surface area (Å²) >= 11 is 0. The summed E-state index contributed by atoms with van der Waals surface area (Å²) in [4.78, 5) is 20.7. The fourth-order valence-corrected chi connectivity index (χ4v) is 3.01. The topological polar surface area (TPSA) is 48.5 Å². The summed E-state index contributed by atoms with van der Waals surface area (Å²) in [6, 6.07) is 12.1. The summed E-state index contributed by atoms with van der Waals surface area (Å²) in [5, 5.41) is 3.07. The molecule has 1 saturated carbocycles. The normalized spacial score (nSPS) is 16.9. The lowest BCUT2D eigenvalue weighted by atomic mass is 10.1. The molecular weight excluding hydrogens is 288 g/mol. The summed E-state index contributed by atoms with van der Waals surface area (Å²) < 4.78 is 0. The predicted molar refractivity (Wildman–Crippen MR) is 91.2 cm³/mol. The Kier molecular flexibility index (Phi) is 3.61. The zero-order valence-corrected chi connectivity index (χ0v) is 13.0. The van der Waals surface area contributed by atoms with E-state index in [4.69, 9.17) is 0 Å². The summed E-state index contributed by atoms with van der Waals surface area (Å²) in [6.07, 6.45) is 6.08. The summed E-state index contributed by atoms with van der Waals surface area (Å²) in [5.41, 5.74) is 3.13. The predicted octanol–water partition coefficient (Wildman–Crippen LogP) is 3.16. The highest BCUT2D eigenvalue weighted by atomic mass is 16.2. The monoisotopic (exact) mass is 308 g/mol. The van der Waals surface area contributed by atoms with Crippen molar-refractivity contribution >= 4 is 23.1 Å². The number of hydrogen-bond acceptors (Lipinski definition) is 3. The van der Waals surface area contributed by atoms with Crippen LogP contribution < -0.4 is 15.1 Å². The lowest BCUT2D eigenvalue weighted by molar-refractivity contribution is 0.246. The first-order chi connectivity index (χ1) is 11.3. The van der Waals surface area contributed by atoms with Crippen LogP contribution in [0.25, 0.3) is 0 Å². The van der Waals surface area contributed by atoms with E-state index in [0.717, 1.165) is 30.2 Å². The van der Waals surface area contributed by atoms with Gasteiger partial charge in [-0.15, -0.1) is 0 Å². The molecule has 1 aromatic heterocycles. The number of aromatic nitrogens is 1. The van der Waals surface area contributed by atoms with Gasteiger partial charge in [-0.25, -0.2) is 4.79 Å². The van der Waals surface area contributed by atoms with Crippen LogP contribution in [0.5, 0.6) is 0 Å². The SMILES string of the molecule is O=C(NCC1CC1)N1CCN(c2ccncc2)c2ccccc21. The zero-order chi connectivity index (χ0) is 15.6. The highest BCUT2D eigenvalue weighted by Gasteiger charge is 2.28. The van der Waals surface area contributed by atoms with E-state index < -0.39 is 0 Å². The molecule has 5 heteroatoms. The Morgan fingerprint density at radius 3 is 2.57 bits per heavy atom. The number of nitrogens with zero attached hydrogens (tertiary/aromatic N) is 3. The van der Waals surface area contributed by atoms with Crippen LogP contribution in [0, 0.1) is 5.92 Å². The van der Waals surface area contributed by atoms with Crippen molar-refractivity contribution in [3.8, 4) is 0 Å². The van der Waals surface area contributed by atoms with Crippen molar-refractivity contribution in [3.63, 3.8) is 0 Å². The molecular formula is C18H20N4O. The van der Waals surface area contributed by atoms with E-state index in [1.165, 1.54) is 12.8 Å². The molecule has 118 valence electrons. The Bertz CT molecular complexity index is 699. The minimum absolute atomic E-state index is 0.0127. The number of pyridine rings is 1. The standard InChI is InChI=1S/C18H20N4O/c23-18(20-13-14-5-6-14)22-12-11-21(15-7-9-19-10-8-15)16-3-1-2-4-17(16)22/h1-4,7-10,14H,5-6,11-13H2,(H,20,23). The number of nitrogens with one attached hydrogen (secondary N) is 1. The quantitative estimate of drug-likeness (QED) is 0.947. The second kappa shape index (κ2) is 5.91. The number of hydrogen-bond donors (Lipinski definition) is 1. The fourth-order valence-electron chi connectivity index (χ4n) is 3.01. The number of rotatable bonds is 3. The maximum absolute atomic E-state index is 12.5. The molecule has 2 amide bonds. The number of anilines is 3. The molecule has 1 N–H and O–H groups in total. The zero-order valence-electron chi connectivity index (χ0n) is 13.0. The fraction of sp³-hybridized carbons (Fsp3) is 0.333. The van der Waals surface area contributed by atoms with Gasteiger partial charge in [-0.3, -0.25) is 9.88 Å². The summed E-state index contributed by atoms with van der Waals surface area (Å²) in [7, 11) is 0. The number of fused-ring (bicyclic) bond motifs is 1. The maximum Gasteiger partial charge on any atom is 0.322 e. The smallest absolute Gasteiger partial charge is 0.322 e. The largest absolute Gasteiger partial charge is 0.338 e. The minimum atomic E-state index is 0.0127. The molecule has 2 aliphatic rings. The van der Waals surface area contributed by atoms with E-state index in [2.05, 4.69) is 21.3 Å². The molecule has 5 nitrogen and oxygen atoms in total. The highest BCUT2D eigenvalue weighted by Crippen LogP contribution is 2.37. The molecule has 23 heavy (non-hydrogen) atoms. The molecule has 0 radical (unpaired) electrons. The van der Waals surface area contributed by atoms with Gasteiger partial charge in [-0.1, -0.05) is 12.1 Å². The third-order valence-corrected chi connectivity index (χ3v) is 4.47. The molecule has 2 aromatic rings. The second-order valence-corrected chi connectivity index (χ2v) is 6.13. The van der Waals surface area contributed by atoms with Crippen molar-refractivity contribution in [2.24, 2.45) is 5.92 Å². The van der Waals surface area contributed by atoms with Gasteiger partial charge in [0, 0.05) is 37.7 Å². The van der Waals surface area contributed by atoms with Crippen LogP contribution in [-0.4, -0.2) is 30.6 Å². The molecule has 1 aromatic carbocycles. The van der Waals surface area contributed by atoms with Crippen molar-refractivity contribution in [1.82, 2.24) is 10.3 Å². The van der Waals surface area contributed by atoms with Gasteiger partial charge in [0.25, 0.3) is 0 Å². The molecule has 0 spiro atoms. The number of para-hydroxylation sites is 2. The van der Waals surface area contributed by atoms with Crippen LogP contribution in [0.3, 0.4) is 0 Å². The molecule has 2 heterocycles. The Balaban J connectivity index is 1.60. The van der Waals surface area contributed by atoms with Gasteiger partial charge >= 0.3 is 6.03 Å². The lowest BCUT2D eigenvalue weighted by Crippen LogP contribution is -2.47. The van der Waals surface area contributed by atoms with Gasteiger partial charge in [-0.05, 0) is 43.0 Å². The third kappa shape index (κ3) is 2.86. The number of amides is 2. The van der Waals surface area contributed by atoms with E-state index in [-0.39, 0.29) is 6.03 Å². The van der Waals surface area contributed by atoms with Gasteiger partial charge < -0.3 is 10.2 Å². The first-order valence-corrected chi connectivity index (χ1v) is 8.15. The Morgan fingerprint density at radius 2 is 1.83 bits per heavy atom. The van der Waals surface area contributed by atoms with Crippen LogP contribution in [-0.2, 0) is 0 Å². The third-order valence-electron chi connectivity index (χ3n) is 4.47. The molecule has 1 aliphatic carbocycles. The Labute approximate surface area is 135 Å². The molecule has 0 unspecified atom stereocenters. The highest BCUT2D eigenvalue weighted by molar-refractivity contribution is 5.97. The van der Waals surface area contributed by atoms with Gasteiger partial charge in [0.1, 0.15) is 0 Å². The lowest BCUT2D eigenvalue weighted by Gasteiger charge is -2.37. The molecule has 4 rings (SSSR count). The van der Waals surface area contributed by atoms with Crippen LogP contribution in [0.4, 0.5) is 21.9 Å². The van der Waals surface area contributed by atoms with Gasteiger partial charge in [0.2, 0.25) is 0 Å². The van der Waals surface area contributed by atoms with Gasteiger partial charge in [0.05, 0.1) is 11.4 Å². The molecule has 0 atom stereocenters. The molecule has 1 fully saturated rings. The van der Waals surface area contributed by atoms with Crippen molar-refractivity contribution in [3.05, 3.63) is 48.8 Å². The maximum atomic E-state index is 12.5. The molecule has 1 aliphatic heterocycles. The van der Waals surface area contributed by atoms with Gasteiger partial charge in [-0.2, -0.15) is 0 Å². The Hall–Kier alpha value is -2.56. The van der Waals surface area contributed by atoms with E-state index in [1.54, 1.807) is 12.4 Å². The van der Waals surface area contributed by atoms with Crippen molar-refractivity contribution in [2.45, 2.75) is 12.8 Å². The average Bonchev–Trinajstić information content (AvgIpc) is 3.44. The van der Waals surface area contributed by atoms with Crippen LogP contribution >= 0.6 is 0 Å². The van der Waals surface area contributed by atoms with Crippen LogP contribution in [0.15, 0.2) is 48.8 Å². The average molecular weight is 308 g/mol.